The first-order valence-electron chi connectivity index (χ1n) is 6.18. The van der Waals surface area contributed by atoms with Crippen LogP contribution in [0.3, 0.4) is 0 Å². The average Bonchev–Trinajstić information content (AvgIpc) is 2.25. The van der Waals surface area contributed by atoms with E-state index in [-0.39, 0.29) is 17.5 Å². The van der Waals surface area contributed by atoms with Crippen molar-refractivity contribution in [3.8, 4) is 0 Å². The number of hydrogen-bond donors (Lipinski definition) is 1. The summed E-state index contributed by atoms with van der Waals surface area (Å²) in [5, 5.41) is 2.55. The predicted octanol–water partition coefficient (Wildman–Crippen LogP) is 3.52. The van der Waals surface area contributed by atoms with Crippen LogP contribution in [0.4, 0.5) is 19.0 Å². The van der Waals surface area contributed by atoms with Crippen LogP contribution in [-0.2, 0) is 10.9 Å². The molecule has 0 aliphatic carbocycles. The Bertz CT molecular complexity index is 493. The molecule has 1 atom stereocenters. The van der Waals surface area contributed by atoms with Crippen LogP contribution in [0.25, 0.3) is 0 Å². The Hall–Kier alpha value is -1.08. The first-order chi connectivity index (χ1) is 9.16. The molecule has 2 rings (SSSR count). The fourth-order valence-corrected chi connectivity index (χ4v) is 2.38. The van der Waals surface area contributed by atoms with Gasteiger partial charge in [0, 0.05) is 18.7 Å². The van der Waals surface area contributed by atoms with Gasteiger partial charge in [0.15, 0.2) is 5.69 Å². The van der Waals surface area contributed by atoms with Crippen molar-refractivity contribution in [3.63, 3.8) is 0 Å². The third-order valence-corrected chi connectivity index (χ3v) is 3.21. The van der Waals surface area contributed by atoms with E-state index in [9.17, 15) is 13.2 Å². The van der Waals surface area contributed by atoms with Gasteiger partial charge < -0.3 is 10.1 Å². The molecule has 1 aliphatic rings. The fourth-order valence-electron chi connectivity index (χ4n) is 2.20. The Labute approximate surface area is 119 Å². The second-order valence-electron chi connectivity index (χ2n) is 5.35. The lowest BCUT2D eigenvalue weighted by atomic mass is 9.94. The lowest BCUT2D eigenvalue weighted by Gasteiger charge is -2.36. The smallest absolute Gasteiger partial charge is 0.375 e. The van der Waals surface area contributed by atoms with Gasteiger partial charge in [0.2, 0.25) is 5.28 Å². The molecule has 20 heavy (non-hydrogen) atoms. The SMILES string of the molecule is CC1(C)CC(Nc2cc(C(F)(F)F)nc(Cl)n2)CCO1. The van der Waals surface area contributed by atoms with Crippen LogP contribution >= 0.6 is 11.6 Å². The summed E-state index contributed by atoms with van der Waals surface area (Å²) in [5.74, 6) is 0.0834. The molecule has 0 saturated carbocycles. The summed E-state index contributed by atoms with van der Waals surface area (Å²) in [6, 6.07) is 0.861. The molecule has 0 radical (unpaired) electrons. The zero-order chi connectivity index (χ0) is 15.0. The Morgan fingerprint density at radius 2 is 2.10 bits per heavy atom. The number of hydrogen-bond acceptors (Lipinski definition) is 4. The van der Waals surface area contributed by atoms with Crippen LogP contribution in [0.5, 0.6) is 0 Å². The van der Waals surface area contributed by atoms with Gasteiger partial charge in [0.25, 0.3) is 0 Å². The monoisotopic (exact) mass is 309 g/mol. The number of nitrogens with one attached hydrogen (secondary N) is 1. The van der Waals surface area contributed by atoms with Gasteiger partial charge in [-0.2, -0.15) is 13.2 Å². The molecule has 0 aromatic carbocycles. The van der Waals surface area contributed by atoms with Crippen LogP contribution in [0.2, 0.25) is 5.28 Å². The van der Waals surface area contributed by atoms with Crippen molar-refractivity contribution in [2.45, 2.75) is 44.5 Å². The predicted molar refractivity (Wildman–Crippen MR) is 68.7 cm³/mol. The summed E-state index contributed by atoms with van der Waals surface area (Å²) in [6.07, 6.45) is -3.17. The molecule has 0 amide bonds. The van der Waals surface area contributed by atoms with E-state index in [1.165, 1.54) is 0 Å². The normalized spacial score (nSPS) is 22.6. The Balaban J connectivity index is 2.15. The second-order valence-corrected chi connectivity index (χ2v) is 5.69. The van der Waals surface area contributed by atoms with Gasteiger partial charge in [-0.15, -0.1) is 0 Å². The summed E-state index contributed by atoms with van der Waals surface area (Å²) in [4.78, 5) is 6.98. The van der Waals surface area contributed by atoms with Crippen LogP contribution in [0, 0.1) is 0 Å². The highest BCUT2D eigenvalue weighted by Gasteiger charge is 2.34. The fraction of sp³-hybridized carbons (Fsp3) is 0.667. The number of rotatable bonds is 2. The molecule has 1 aromatic rings. The molecule has 1 aliphatic heterocycles. The molecule has 4 nitrogen and oxygen atoms in total. The molecular formula is C12H15ClF3N3O. The van der Waals surface area contributed by atoms with Crippen molar-refractivity contribution in [1.29, 1.82) is 0 Å². The summed E-state index contributed by atoms with van der Waals surface area (Å²) < 4.78 is 43.5. The lowest BCUT2D eigenvalue weighted by molar-refractivity contribution is -0.141. The van der Waals surface area contributed by atoms with Crippen LogP contribution < -0.4 is 5.32 Å². The molecule has 1 unspecified atom stereocenters. The van der Waals surface area contributed by atoms with Gasteiger partial charge in [0.1, 0.15) is 5.82 Å². The first-order valence-corrected chi connectivity index (χ1v) is 6.56. The third kappa shape index (κ3) is 3.96. The van der Waals surface area contributed by atoms with Gasteiger partial charge in [-0.1, -0.05) is 0 Å². The Kier molecular flexibility index (Phi) is 4.11. The van der Waals surface area contributed by atoms with Gasteiger partial charge >= 0.3 is 6.18 Å². The highest BCUT2D eigenvalue weighted by molar-refractivity contribution is 6.28. The molecule has 1 saturated heterocycles. The zero-order valence-corrected chi connectivity index (χ0v) is 11.8. The van der Waals surface area contributed by atoms with Crippen molar-refractivity contribution in [3.05, 3.63) is 17.0 Å². The van der Waals surface area contributed by atoms with Crippen molar-refractivity contribution in [2.24, 2.45) is 0 Å². The minimum atomic E-state index is -4.54. The van der Waals surface area contributed by atoms with Crippen LogP contribution in [0.15, 0.2) is 6.07 Å². The Morgan fingerprint density at radius 3 is 2.70 bits per heavy atom. The first kappa shape index (κ1) is 15.3. The summed E-state index contributed by atoms with van der Waals surface area (Å²) in [7, 11) is 0. The largest absolute Gasteiger partial charge is 0.433 e. The number of nitrogens with zero attached hydrogens (tertiary/aromatic N) is 2. The zero-order valence-electron chi connectivity index (χ0n) is 11.1. The van der Waals surface area contributed by atoms with Gasteiger partial charge in [-0.05, 0) is 38.3 Å². The highest BCUT2D eigenvalue weighted by Crippen LogP contribution is 2.31. The molecule has 1 aromatic heterocycles. The minimum absolute atomic E-state index is 0.00852. The topological polar surface area (TPSA) is 47.0 Å². The van der Waals surface area contributed by atoms with E-state index < -0.39 is 17.2 Å². The molecule has 112 valence electrons. The summed E-state index contributed by atoms with van der Waals surface area (Å²) in [6.45, 7) is 4.43. The third-order valence-electron chi connectivity index (χ3n) is 3.04. The Morgan fingerprint density at radius 1 is 1.40 bits per heavy atom. The van der Waals surface area contributed by atoms with Gasteiger partial charge in [-0.25, -0.2) is 9.97 Å². The van der Waals surface area contributed by atoms with Crippen molar-refractivity contribution >= 4 is 17.4 Å². The van der Waals surface area contributed by atoms with E-state index >= 15 is 0 Å². The summed E-state index contributed by atoms with van der Waals surface area (Å²) in [5.41, 5.74) is -1.36. The second kappa shape index (κ2) is 5.37. The molecule has 1 fully saturated rings. The van der Waals surface area contributed by atoms with Crippen molar-refractivity contribution in [1.82, 2.24) is 9.97 Å². The number of ether oxygens (including phenoxy) is 1. The number of halogens is 4. The van der Waals surface area contributed by atoms with Gasteiger partial charge in [-0.3, -0.25) is 0 Å². The summed E-state index contributed by atoms with van der Waals surface area (Å²) >= 11 is 5.54. The van der Waals surface area contributed by atoms with E-state index in [2.05, 4.69) is 15.3 Å². The van der Waals surface area contributed by atoms with E-state index in [1.54, 1.807) is 0 Å². The number of anilines is 1. The van der Waals surface area contributed by atoms with E-state index in [1.807, 2.05) is 13.8 Å². The molecule has 8 heteroatoms. The van der Waals surface area contributed by atoms with Crippen LogP contribution in [0.1, 0.15) is 32.4 Å². The molecule has 1 N–H and O–H groups in total. The molecular weight excluding hydrogens is 295 g/mol. The van der Waals surface area contributed by atoms with Crippen molar-refractivity contribution < 1.29 is 17.9 Å². The lowest BCUT2D eigenvalue weighted by Crippen LogP contribution is -2.40. The highest BCUT2D eigenvalue weighted by atomic mass is 35.5. The molecule has 0 spiro atoms. The van der Waals surface area contributed by atoms with Gasteiger partial charge in [0.05, 0.1) is 5.60 Å². The maximum atomic E-state index is 12.7. The molecule has 0 bridgehead atoms. The number of aromatic nitrogens is 2. The van der Waals surface area contributed by atoms with E-state index in [0.29, 0.717) is 19.4 Å². The van der Waals surface area contributed by atoms with E-state index in [0.717, 1.165) is 6.07 Å². The molecule has 2 heterocycles. The minimum Gasteiger partial charge on any atom is -0.375 e. The van der Waals surface area contributed by atoms with Crippen LogP contribution in [-0.4, -0.2) is 28.2 Å². The maximum absolute atomic E-state index is 12.7. The van der Waals surface area contributed by atoms with Crippen molar-refractivity contribution in [2.75, 3.05) is 11.9 Å². The quantitative estimate of drug-likeness (QED) is 0.849. The standard InChI is InChI=1S/C12H15ClF3N3O/c1-11(2)6-7(3-4-20-11)17-9-5-8(12(14,15)16)18-10(13)19-9/h5,7H,3-4,6H2,1-2H3,(H,17,18,19). The average molecular weight is 310 g/mol. The van der Waals surface area contributed by atoms with E-state index in [4.69, 9.17) is 16.3 Å². The maximum Gasteiger partial charge on any atom is 0.433 e. The number of alkyl halides is 3.